The molecule has 4 heteroatoms. The van der Waals surface area contributed by atoms with E-state index in [0.29, 0.717) is 12.0 Å². The van der Waals surface area contributed by atoms with Crippen LogP contribution in [-0.4, -0.2) is 21.9 Å². The summed E-state index contributed by atoms with van der Waals surface area (Å²) in [7, 11) is 0. The van der Waals surface area contributed by atoms with Gasteiger partial charge in [0.15, 0.2) is 6.29 Å². The fraction of sp³-hybridized carbons (Fsp3) is 0.455. The summed E-state index contributed by atoms with van der Waals surface area (Å²) >= 11 is 0. The van der Waals surface area contributed by atoms with Crippen LogP contribution in [0.15, 0.2) is 18.3 Å². The molecule has 4 nitrogen and oxygen atoms in total. The molecule has 0 bridgehead atoms. The van der Waals surface area contributed by atoms with E-state index in [4.69, 9.17) is 5.11 Å². The number of carboxylic acids is 1. The highest BCUT2D eigenvalue weighted by Crippen LogP contribution is 2.23. The number of aldehydes is 1. The maximum atomic E-state index is 11.1. The molecule has 0 fully saturated rings. The zero-order chi connectivity index (χ0) is 11.4. The molecule has 0 aromatic carbocycles. The maximum Gasteiger partial charge on any atom is 0.326 e. The Morgan fingerprint density at radius 2 is 2.33 bits per heavy atom. The predicted octanol–water partition coefficient (Wildman–Crippen LogP) is 1.97. The molecular weight excluding hydrogens is 195 g/mol. The molecule has 1 aromatic rings. The Hall–Kier alpha value is -1.58. The Kier molecular flexibility index (Phi) is 3.66. The molecule has 0 aliphatic rings. The monoisotopic (exact) mass is 210 g/mol. The average molecular weight is 210 g/mol. The van der Waals surface area contributed by atoms with Gasteiger partial charge < -0.3 is 9.67 Å². The molecule has 1 rings (SSSR count). The quantitative estimate of drug-likeness (QED) is 0.756. The number of nitrogens with zero attached hydrogens (tertiary/aromatic N) is 1. The third kappa shape index (κ3) is 2.26. The van der Waals surface area contributed by atoms with Gasteiger partial charge in [-0.3, -0.25) is 4.79 Å². The molecular formula is C11H15NO3. The van der Waals surface area contributed by atoms with Crippen LogP contribution in [0.1, 0.15) is 36.8 Å². The molecule has 0 saturated heterocycles. The van der Waals surface area contributed by atoms with Gasteiger partial charge in [0.05, 0.1) is 5.69 Å². The summed E-state index contributed by atoms with van der Waals surface area (Å²) in [6.45, 7) is 3.80. The summed E-state index contributed by atoms with van der Waals surface area (Å²) in [6, 6.07) is 2.64. The second-order valence-corrected chi connectivity index (χ2v) is 3.63. The lowest BCUT2D eigenvalue weighted by Crippen LogP contribution is -2.26. The first-order valence-electron chi connectivity index (χ1n) is 4.96. The summed E-state index contributed by atoms with van der Waals surface area (Å²) < 4.78 is 1.52. The van der Waals surface area contributed by atoms with Crippen molar-refractivity contribution in [2.75, 3.05) is 0 Å². The lowest BCUT2D eigenvalue weighted by molar-refractivity contribution is -0.142. The van der Waals surface area contributed by atoms with E-state index in [1.165, 1.54) is 4.57 Å². The van der Waals surface area contributed by atoms with Crippen LogP contribution in [0, 0.1) is 5.92 Å². The number of aliphatic carboxylic acids is 1. The normalized spacial score (nSPS) is 14.5. The lowest BCUT2D eigenvalue weighted by Gasteiger charge is -2.21. The average Bonchev–Trinajstić information content (AvgIpc) is 2.65. The van der Waals surface area contributed by atoms with E-state index < -0.39 is 12.0 Å². The van der Waals surface area contributed by atoms with Gasteiger partial charge in [-0.15, -0.1) is 0 Å². The summed E-state index contributed by atoms with van der Waals surface area (Å²) in [6.07, 6.45) is 3.07. The summed E-state index contributed by atoms with van der Waals surface area (Å²) in [5.74, 6) is -0.905. The van der Waals surface area contributed by atoms with Gasteiger partial charge in [0.2, 0.25) is 0 Å². The van der Waals surface area contributed by atoms with Crippen LogP contribution in [0.3, 0.4) is 0 Å². The van der Waals surface area contributed by atoms with Gasteiger partial charge >= 0.3 is 5.97 Å². The largest absolute Gasteiger partial charge is 0.480 e. The van der Waals surface area contributed by atoms with E-state index >= 15 is 0 Å². The molecule has 0 saturated carbocycles. The second kappa shape index (κ2) is 4.77. The topological polar surface area (TPSA) is 59.3 Å². The van der Waals surface area contributed by atoms with Gasteiger partial charge in [0, 0.05) is 6.20 Å². The smallest absolute Gasteiger partial charge is 0.326 e. The van der Waals surface area contributed by atoms with Crippen molar-refractivity contribution in [1.29, 1.82) is 0 Å². The van der Waals surface area contributed by atoms with E-state index in [1.807, 2.05) is 13.8 Å². The Labute approximate surface area is 88.5 Å². The number of aromatic nitrogens is 1. The van der Waals surface area contributed by atoms with Crippen molar-refractivity contribution >= 4 is 12.3 Å². The Morgan fingerprint density at radius 3 is 2.80 bits per heavy atom. The van der Waals surface area contributed by atoms with Crippen molar-refractivity contribution in [3.63, 3.8) is 0 Å². The molecule has 0 spiro atoms. The molecule has 82 valence electrons. The minimum atomic E-state index is -0.899. The summed E-state index contributed by atoms with van der Waals surface area (Å²) in [5.41, 5.74) is 0.405. The van der Waals surface area contributed by atoms with Crippen molar-refractivity contribution in [3.05, 3.63) is 24.0 Å². The first kappa shape index (κ1) is 11.5. The minimum absolute atomic E-state index is 0.00593. The molecule has 1 heterocycles. The van der Waals surface area contributed by atoms with Gasteiger partial charge in [-0.25, -0.2) is 4.79 Å². The number of hydrogen-bond acceptors (Lipinski definition) is 2. The fourth-order valence-corrected chi connectivity index (χ4v) is 1.62. The molecule has 15 heavy (non-hydrogen) atoms. The molecule has 1 aromatic heterocycles. The first-order chi connectivity index (χ1) is 7.11. The fourth-order valence-electron chi connectivity index (χ4n) is 1.62. The molecule has 0 radical (unpaired) electrons. The first-order valence-corrected chi connectivity index (χ1v) is 4.96. The maximum absolute atomic E-state index is 11.1. The van der Waals surface area contributed by atoms with Crippen LogP contribution >= 0.6 is 0 Å². The number of hydrogen-bond donors (Lipinski definition) is 1. The van der Waals surface area contributed by atoms with Crippen LogP contribution in [0.5, 0.6) is 0 Å². The minimum Gasteiger partial charge on any atom is -0.480 e. The van der Waals surface area contributed by atoms with E-state index in [1.54, 1.807) is 18.3 Å². The lowest BCUT2D eigenvalue weighted by atomic mass is 9.99. The Morgan fingerprint density at radius 1 is 1.67 bits per heavy atom. The van der Waals surface area contributed by atoms with Crippen molar-refractivity contribution in [1.82, 2.24) is 4.57 Å². The number of carbonyl (C=O) groups excluding carboxylic acids is 1. The SMILES string of the molecule is CCC(C)C(C(=O)O)n1[13cH]ccc1C=O. The van der Waals surface area contributed by atoms with E-state index in [0.717, 1.165) is 6.42 Å². The van der Waals surface area contributed by atoms with Crippen molar-refractivity contribution < 1.29 is 14.7 Å². The third-order valence-corrected chi connectivity index (χ3v) is 2.67. The predicted molar refractivity (Wildman–Crippen MR) is 55.9 cm³/mol. The van der Waals surface area contributed by atoms with E-state index in [-0.39, 0.29) is 5.92 Å². The van der Waals surface area contributed by atoms with Gasteiger partial charge in [0.25, 0.3) is 0 Å². The van der Waals surface area contributed by atoms with Crippen LogP contribution in [0.4, 0.5) is 0 Å². The molecule has 0 aliphatic carbocycles. The zero-order valence-corrected chi connectivity index (χ0v) is 8.88. The molecule has 2 atom stereocenters. The van der Waals surface area contributed by atoms with E-state index in [2.05, 4.69) is 0 Å². The highest BCUT2D eigenvalue weighted by molar-refractivity contribution is 5.77. The Balaban J connectivity index is 3.09. The van der Waals surface area contributed by atoms with Gasteiger partial charge in [-0.2, -0.15) is 0 Å². The molecule has 0 aliphatic heterocycles. The zero-order valence-electron chi connectivity index (χ0n) is 8.88. The number of carbonyl (C=O) groups is 2. The van der Waals surface area contributed by atoms with Crippen LogP contribution in [-0.2, 0) is 4.79 Å². The molecule has 1 N–H and O–H groups in total. The third-order valence-electron chi connectivity index (χ3n) is 2.67. The highest BCUT2D eigenvalue weighted by Gasteiger charge is 2.26. The molecule has 2 unspecified atom stereocenters. The van der Waals surface area contributed by atoms with Crippen molar-refractivity contribution in [2.24, 2.45) is 5.92 Å². The van der Waals surface area contributed by atoms with Gasteiger partial charge in [-0.05, 0) is 18.1 Å². The van der Waals surface area contributed by atoms with Crippen LogP contribution < -0.4 is 0 Å². The summed E-state index contributed by atoms with van der Waals surface area (Å²) in [4.78, 5) is 21.8. The van der Waals surface area contributed by atoms with Crippen molar-refractivity contribution in [3.8, 4) is 0 Å². The molecule has 0 amide bonds. The second-order valence-electron chi connectivity index (χ2n) is 3.63. The van der Waals surface area contributed by atoms with Crippen LogP contribution in [0.25, 0.3) is 0 Å². The Bertz CT molecular complexity index is 356. The van der Waals surface area contributed by atoms with Crippen LogP contribution in [0.2, 0.25) is 0 Å². The van der Waals surface area contributed by atoms with Gasteiger partial charge in [-0.1, -0.05) is 20.3 Å². The highest BCUT2D eigenvalue weighted by atomic mass is 16.4. The number of carboxylic acid groups (broad SMARTS) is 1. The summed E-state index contributed by atoms with van der Waals surface area (Å²) in [5, 5.41) is 9.13. The van der Waals surface area contributed by atoms with Crippen molar-refractivity contribution in [2.45, 2.75) is 26.3 Å². The standard InChI is InChI=1S/C11H15NO3/c1-3-8(2)10(11(14)15)12-6-4-5-9(12)7-13/h4-8,10H,3H2,1-2H3,(H,14,15)/i6+1. The van der Waals surface area contributed by atoms with Gasteiger partial charge in [0.1, 0.15) is 6.04 Å². The van der Waals surface area contributed by atoms with E-state index in [9.17, 15) is 9.59 Å². The number of rotatable bonds is 5.